The van der Waals surface area contributed by atoms with Gasteiger partial charge in [0, 0.05) is 5.92 Å². The summed E-state index contributed by atoms with van der Waals surface area (Å²) < 4.78 is 5.03. The molecular weight excluding hydrogens is 152 g/mol. The van der Waals surface area contributed by atoms with Crippen molar-refractivity contribution in [2.24, 2.45) is 23.7 Å². The van der Waals surface area contributed by atoms with Gasteiger partial charge in [-0.25, -0.2) is 0 Å². The Labute approximate surface area is 72.6 Å². The van der Waals surface area contributed by atoms with Gasteiger partial charge in [0.2, 0.25) is 0 Å². The van der Waals surface area contributed by atoms with Crippen LogP contribution in [0.3, 0.4) is 0 Å². The number of carbonyl (C=O) groups is 1. The van der Waals surface area contributed by atoms with E-state index in [1.807, 2.05) is 0 Å². The number of rotatable bonds is 0. The second-order valence-corrected chi connectivity index (χ2v) is 3.92. The van der Waals surface area contributed by atoms with E-state index >= 15 is 0 Å². The van der Waals surface area contributed by atoms with Crippen molar-refractivity contribution in [3.05, 3.63) is 12.2 Å². The minimum absolute atomic E-state index is 0.00343. The van der Waals surface area contributed by atoms with E-state index in [-0.39, 0.29) is 11.9 Å². The fraction of sp³-hybridized carbons (Fsp3) is 0.700. The zero-order valence-electron chi connectivity index (χ0n) is 7.49. The quantitative estimate of drug-likeness (QED) is 0.404. The molecule has 0 N–H and O–H groups in total. The predicted molar refractivity (Wildman–Crippen MR) is 45.4 cm³/mol. The Balaban J connectivity index is 2.27. The summed E-state index contributed by atoms with van der Waals surface area (Å²) >= 11 is 0. The van der Waals surface area contributed by atoms with Gasteiger partial charge in [-0.2, -0.15) is 0 Å². The highest BCUT2D eigenvalue weighted by Crippen LogP contribution is 2.38. The van der Waals surface area contributed by atoms with Gasteiger partial charge < -0.3 is 4.74 Å². The van der Waals surface area contributed by atoms with Crippen molar-refractivity contribution in [2.75, 3.05) is 6.61 Å². The molecule has 2 nitrogen and oxygen atoms in total. The van der Waals surface area contributed by atoms with Gasteiger partial charge in [-0.15, -0.1) is 0 Å². The molecule has 1 fully saturated rings. The lowest BCUT2D eigenvalue weighted by atomic mass is 9.73. The third kappa shape index (κ3) is 0.977. The molecule has 0 radical (unpaired) electrons. The van der Waals surface area contributed by atoms with Crippen molar-refractivity contribution in [2.45, 2.75) is 13.8 Å². The summed E-state index contributed by atoms with van der Waals surface area (Å²) in [5, 5.41) is 0. The number of cyclic esters (lactones) is 1. The number of hydrogen-bond acceptors (Lipinski definition) is 2. The van der Waals surface area contributed by atoms with Crippen molar-refractivity contribution in [1.29, 1.82) is 0 Å². The zero-order chi connectivity index (χ0) is 8.72. The molecule has 1 aliphatic heterocycles. The summed E-state index contributed by atoms with van der Waals surface area (Å²) in [6.45, 7) is 4.89. The molecule has 0 amide bonds. The van der Waals surface area contributed by atoms with Crippen LogP contribution >= 0.6 is 0 Å². The van der Waals surface area contributed by atoms with E-state index in [0.717, 1.165) is 0 Å². The molecule has 0 aromatic heterocycles. The minimum atomic E-state index is 0.00343. The fourth-order valence-electron chi connectivity index (χ4n) is 2.15. The standard InChI is InChI=1S/C10H14O2/c1-6-3-4-8-5-12-10(11)9(8)7(6)2/h3-4,6-9H,5H2,1-2H3/t6-,7+,8-,9-/m1/s1. The van der Waals surface area contributed by atoms with Gasteiger partial charge in [0.1, 0.15) is 0 Å². The molecule has 0 spiro atoms. The Bertz CT molecular complexity index is 232. The number of ether oxygens (including phenoxy) is 1. The molecule has 66 valence electrons. The Kier molecular flexibility index (Phi) is 1.71. The highest BCUT2D eigenvalue weighted by Gasteiger charge is 2.42. The monoisotopic (exact) mass is 166 g/mol. The van der Waals surface area contributed by atoms with Crippen molar-refractivity contribution in [3.63, 3.8) is 0 Å². The zero-order valence-corrected chi connectivity index (χ0v) is 7.49. The average molecular weight is 166 g/mol. The van der Waals surface area contributed by atoms with Crippen LogP contribution in [0.1, 0.15) is 13.8 Å². The highest BCUT2D eigenvalue weighted by atomic mass is 16.5. The van der Waals surface area contributed by atoms with E-state index in [1.54, 1.807) is 0 Å². The Morgan fingerprint density at radius 3 is 2.92 bits per heavy atom. The Hall–Kier alpha value is -0.790. The van der Waals surface area contributed by atoms with E-state index in [1.165, 1.54) is 0 Å². The molecular formula is C10H14O2. The number of hydrogen-bond donors (Lipinski definition) is 0. The lowest BCUT2D eigenvalue weighted by Gasteiger charge is -2.28. The molecule has 0 saturated carbocycles. The smallest absolute Gasteiger partial charge is 0.309 e. The van der Waals surface area contributed by atoms with Gasteiger partial charge in [-0.1, -0.05) is 26.0 Å². The molecule has 0 unspecified atom stereocenters. The van der Waals surface area contributed by atoms with Crippen LogP contribution in [0.4, 0.5) is 0 Å². The maximum absolute atomic E-state index is 11.3. The minimum Gasteiger partial charge on any atom is -0.465 e. The predicted octanol–water partition coefficient (Wildman–Crippen LogP) is 1.62. The molecule has 0 aromatic carbocycles. The topological polar surface area (TPSA) is 26.3 Å². The second kappa shape index (κ2) is 2.61. The van der Waals surface area contributed by atoms with E-state index in [0.29, 0.717) is 24.4 Å². The van der Waals surface area contributed by atoms with Gasteiger partial charge in [0.15, 0.2) is 0 Å². The van der Waals surface area contributed by atoms with E-state index in [2.05, 4.69) is 26.0 Å². The van der Waals surface area contributed by atoms with Crippen molar-refractivity contribution in [3.8, 4) is 0 Å². The second-order valence-electron chi connectivity index (χ2n) is 3.92. The van der Waals surface area contributed by atoms with E-state index in [4.69, 9.17) is 4.74 Å². The largest absolute Gasteiger partial charge is 0.465 e. The molecule has 12 heavy (non-hydrogen) atoms. The summed E-state index contributed by atoms with van der Waals surface area (Å²) in [4.78, 5) is 11.3. The van der Waals surface area contributed by atoms with Gasteiger partial charge in [-0.3, -0.25) is 4.79 Å². The van der Waals surface area contributed by atoms with Crippen molar-refractivity contribution >= 4 is 5.97 Å². The molecule has 0 bridgehead atoms. The maximum Gasteiger partial charge on any atom is 0.309 e. The molecule has 1 heterocycles. The first-order chi connectivity index (χ1) is 5.70. The Morgan fingerprint density at radius 1 is 1.42 bits per heavy atom. The third-order valence-corrected chi connectivity index (χ3v) is 3.21. The maximum atomic E-state index is 11.3. The number of allylic oxidation sites excluding steroid dienone is 1. The summed E-state index contributed by atoms with van der Waals surface area (Å²) in [5.41, 5.74) is 0. The average Bonchev–Trinajstić information content (AvgIpc) is 2.41. The van der Waals surface area contributed by atoms with Crippen LogP contribution in [0.15, 0.2) is 12.2 Å². The molecule has 2 aliphatic rings. The summed E-state index contributed by atoms with van der Waals surface area (Å²) in [5.74, 6) is 1.43. The van der Waals surface area contributed by atoms with Crippen molar-refractivity contribution < 1.29 is 9.53 Å². The van der Waals surface area contributed by atoms with Gasteiger partial charge in [0.05, 0.1) is 12.5 Å². The van der Waals surface area contributed by atoms with E-state index < -0.39 is 0 Å². The van der Waals surface area contributed by atoms with Crippen LogP contribution < -0.4 is 0 Å². The molecule has 1 saturated heterocycles. The van der Waals surface area contributed by atoms with Crippen LogP contribution in [0, 0.1) is 23.7 Å². The first kappa shape index (κ1) is 7.84. The summed E-state index contributed by atoms with van der Waals surface area (Å²) in [6.07, 6.45) is 4.34. The van der Waals surface area contributed by atoms with Crippen LogP contribution in [0.2, 0.25) is 0 Å². The first-order valence-electron chi connectivity index (χ1n) is 4.55. The Morgan fingerprint density at radius 2 is 2.17 bits per heavy atom. The van der Waals surface area contributed by atoms with E-state index in [9.17, 15) is 4.79 Å². The fourth-order valence-corrected chi connectivity index (χ4v) is 2.15. The van der Waals surface area contributed by atoms with Gasteiger partial charge in [0.25, 0.3) is 0 Å². The van der Waals surface area contributed by atoms with Crippen LogP contribution in [0.25, 0.3) is 0 Å². The lowest BCUT2D eigenvalue weighted by molar-refractivity contribution is -0.142. The molecule has 1 aliphatic carbocycles. The first-order valence-corrected chi connectivity index (χ1v) is 4.55. The van der Waals surface area contributed by atoms with Gasteiger partial charge in [-0.05, 0) is 11.8 Å². The number of carbonyl (C=O) groups excluding carboxylic acids is 1. The van der Waals surface area contributed by atoms with Crippen LogP contribution in [0.5, 0.6) is 0 Å². The number of fused-ring (bicyclic) bond motifs is 1. The van der Waals surface area contributed by atoms with Gasteiger partial charge >= 0.3 is 5.97 Å². The van der Waals surface area contributed by atoms with Crippen molar-refractivity contribution in [1.82, 2.24) is 0 Å². The number of esters is 1. The summed E-state index contributed by atoms with van der Waals surface area (Å²) in [6, 6.07) is 0. The SMILES string of the molecule is C[C@@H]1[C@H]2C(=O)OC[C@H]2C=C[C@H]1C. The normalized spacial score (nSPS) is 45.7. The summed E-state index contributed by atoms with van der Waals surface area (Å²) in [7, 11) is 0. The molecule has 4 atom stereocenters. The molecule has 2 rings (SSSR count). The lowest BCUT2D eigenvalue weighted by Crippen LogP contribution is -2.29. The molecule has 2 heteroatoms. The highest BCUT2D eigenvalue weighted by molar-refractivity contribution is 5.75. The molecule has 0 aromatic rings. The van der Waals surface area contributed by atoms with Crippen LogP contribution in [-0.2, 0) is 9.53 Å². The third-order valence-electron chi connectivity index (χ3n) is 3.21. The van der Waals surface area contributed by atoms with Crippen LogP contribution in [-0.4, -0.2) is 12.6 Å².